The lowest BCUT2D eigenvalue weighted by molar-refractivity contribution is 0.307. The van der Waals surface area contributed by atoms with E-state index in [1.807, 2.05) is 24.3 Å². The Morgan fingerprint density at radius 1 is 1.26 bits per heavy atom. The fourth-order valence-electron chi connectivity index (χ4n) is 2.06. The van der Waals surface area contributed by atoms with Crippen molar-refractivity contribution in [2.45, 2.75) is 12.5 Å². The zero-order chi connectivity index (χ0) is 13.7. The molecule has 19 heavy (non-hydrogen) atoms. The molecule has 1 fully saturated rings. The minimum absolute atomic E-state index is 0.0736. The van der Waals surface area contributed by atoms with Crippen LogP contribution in [0.5, 0.6) is 11.5 Å². The molecule has 1 aliphatic heterocycles. The summed E-state index contributed by atoms with van der Waals surface area (Å²) >= 11 is 0. The molecule has 5 nitrogen and oxygen atoms in total. The van der Waals surface area contributed by atoms with Crippen molar-refractivity contribution in [3.63, 3.8) is 0 Å². The molecule has 0 aromatic heterocycles. The summed E-state index contributed by atoms with van der Waals surface area (Å²) in [5, 5.41) is 3.20. The predicted molar refractivity (Wildman–Crippen MR) is 73.6 cm³/mol. The largest absolute Gasteiger partial charge is 0.497 e. The average Bonchev–Trinajstić information content (AvgIpc) is 2.75. The van der Waals surface area contributed by atoms with E-state index in [0.29, 0.717) is 25.3 Å². The molecule has 0 aliphatic carbocycles. The summed E-state index contributed by atoms with van der Waals surface area (Å²) in [6, 6.07) is 7.44. The van der Waals surface area contributed by atoms with Crippen LogP contribution in [-0.2, 0) is 9.84 Å². The van der Waals surface area contributed by atoms with Gasteiger partial charge in [-0.05, 0) is 30.7 Å². The lowest BCUT2D eigenvalue weighted by Gasteiger charge is -2.11. The molecule has 2 rings (SSSR count). The molecule has 0 radical (unpaired) electrons. The summed E-state index contributed by atoms with van der Waals surface area (Å²) in [4.78, 5) is 0. The van der Waals surface area contributed by atoms with Crippen molar-refractivity contribution < 1.29 is 17.9 Å². The van der Waals surface area contributed by atoms with E-state index in [1.165, 1.54) is 0 Å². The van der Waals surface area contributed by atoms with Gasteiger partial charge in [-0.25, -0.2) is 8.42 Å². The normalized spacial score (nSPS) is 21.2. The third-order valence-corrected chi connectivity index (χ3v) is 4.86. The number of nitrogens with one attached hydrogen (secondary N) is 1. The van der Waals surface area contributed by atoms with Crippen LogP contribution in [0.3, 0.4) is 0 Å². The average molecular weight is 285 g/mol. The predicted octanol–water partition coefficient (Wildman–Crippen LogP) is 0.851. The Bertz CT molecular complexity index is 498. The standard InChI is InChI=1S/C13H19NO4S/c1-17-12-2-4-13(5-3-12)18-8-7-14-11-6-9-19(15,16)10-11/h2-5,11,14H,6-10H2,1H3. The maximum Gasteiger partial charge on any atom is 0.151 e. The molecule has 1 aliphatic rings. The van der Waals surface area contributed by atoms with Crippen LogP contribution in [0, 0.1) is 0 Å². The molecular weight excluding hydrogens is 266 g/mol. The van der Waals surface area contributed by atoms with Gasteiger partial charge in [0, 0.05) is 12.6 Å². The zero-order valence-electron chi connectivity index (χ0n) is 11.0. The van der Waals surface area contributed by atoms with E-state index in [2.05, 4.69) is 5.32 Å². The highest BCUT2D eigenvalue weighted by molar-refractivity contribution is 7.91. The number of hydrogen-bond acceptors (Lipinski definition) is 5. The van der Waals surface area contributed by atoms with E-state index in [1.54, 1.807) is 7.11 Å². The van der Waals surface area contributed by atoms with Gasteiger partial charge in [-0.2, -0.15) is 0 Å². The van der Waals surface area contributed by atoms with Crippen LogP contribution in [0.2, 0.25) is 0 Å². The van der Waals surface area contributed by atoms with Crippen LogP contribution in [0.25, 0.3) is 0 Å². The van der Waals surface area contributed by atoms with Crippen LogP contribution in [0.1, 0.15) is 6.42 Å². The Kier molecular flexibility index (Phi) is 4.66. The SMILES string of the molecule is COc1ccc(OCCNC2CCS(=O)(=O)C2)cc1. The number of rotatable bonds is 6. The summed E-state index contributed by atoms with van der Waals surface area (Å²) < 4.78 is 33.2. The Morgan fingerprint density at radius 3 is 2.53 bits per heavy atom. The highest BCUT2D eigenvalue weighted by atomic mass is 32.2. The van der Waals surface area contributed by atoms with Crippen LogP contribution in [0.4, 0.5) is 0 Å². The minimum atomic E-state index is -2.81. The molecule has 0 amide bonds. The lowest BCUT2D eigenvalue weighted by Crippen LogP contribution is -2.33. The molecule has 6 heteroatoms. The van der Waals surface area contributed by atoms with Crippen LogP contribution < -0.4 is 14.8 Å². The highest BCUT2D eigenvalue weighted by Crippen LogP contribution is 2.16. The van der Waals surface area contributed by atoms with Gasteiger partial charge in [-0.3, -0.25) is 0 Å². The molecule has 0 spiro atoms. The van der Waals surface area contributed by atoms with Gasteiger partial charge in [0.2, 0.25) is 0 Å². The summed E-state index contributed by atoms with van der Waals surface area (Å²) in [7, 11) is -1.19. The van der Waals surface area contributed by atoms with Crippen LogP contribution in [0.15, 0.2) is 24.3 Å². The maximum absolute atomic E-state index is 11.3. The van der Waals surface area contributed by atoms with E-state index in [0.717, 1.165) is 11.5 Å². The van der Waals surface area contributed by atoms with Crippen molar-refractivity contribution in [3.05, 3.63) is 24.3 Å². The fourth-order valence-corrected chi connectivity index (χ4v) is 3.77. The van der Waals surface area contributed by atoms with Gasteiger partial charge in [0.05, 0.1) is 18.6 Å². The Labute approximate surface area is 113 Å². The first-order chi connectivity index (χ1) is 9.09. The lowest BCUT2D eigenvalue weighted by atomic mass is 10.3. The second-order valence-corrected chi connectivity index (χ2v) is 6.81. The van der Waals surface area contributed by atoms with Crippen molar-refractivity contribution in [3.8, 4) is 11.5 Å². The van der Waals surface area contributed by atoms with Gasteiger partial charge in [0.1, 0.15) is 18.1 Å². The smallest absolute Gasteiger partial charge is 0.151 e. The summed E-state index contributed by atoms with van der Waals surface area (Å²) in [6.07, 6.45) is 0.699. The molecule has 1 unspecified atom stereocenters. The van der Waals surface area contributed by atoms with Crippen molar-refractivity contribution in [2.75, 3.05) is 31.8 Å². The molecule has 1 heterocycles. The van der Waals surface area contributed by atoms with Gasteiger partial charge in [0.15, 0.2) is 9.84 Å². The van der Waals surface area contributed by atoms with E-state index in [-0.39, 0.29) is 11.8 Å². The molecule has 1 atom stereocenters. The monoisotopic (exact) mass is 285 g/mol. The van der Waals surface area contributed by atoms with E-state index >= 15 is 0 Å². The molecule has 106 valence electrons. The van der Waals surface area contributed by atoms with E-state index in [9.17, 15) is 8.42 Å². The fraction of sp³-hybridized carbons (Fsp3) is 0.538. The van der Waals surface area contributed by atoms with Crippen LogP contribution >= 0.6 is 0 Å². The summed E-state index contributed by atoms with van der Waals surface area (Å²) in [6.45, 7) is 1.16. The Hall–Kier alpha value is -1.27. The summed E-state index contributed by atoms with van der Waals surface area (Å²) in [5.41, 5.74) is 0. The topological polar surface area (TPSA) is 64.6 Å². The van der Waals surface area contributed by atoms with Crippen molar-refractivity contribution in [1.82, 2.24) is 5.32 Å². The van der Waals surface area contributed by atoms with Crippen molar-refractivity contribution >= 4 is 9.84 Å². The molecule has 1 aromatic rings. The number of ether oxygens (including phenoxy) is 2. The van der Waals surface area contributed by atoms with Gasteiger partial charge >= 0.3 is 0 Å². The van der Waals surface area contributed by atoms with Gasteiger partial charge in [0.25, 0.3) is 0 Å². The van der Waals surface area contributed by atoms with Gasteiger partial charge < -0.3 is 14.8 Å². The molecular formula is C13H19NO4S. The van der Waals surface area contributed by atoms with Crippen LogP contribution in [-0.4, -0.2) is 46.2 Å². The van der Waals surface area contributed by atoms with E-state index in [4.69, 9.17) is 9.47 Å². The quantitative estimate of drug-likeness (QED) is 0.785. The molecule has 1 aromatic carbocycles. The van der Waals surface area contributed by atoms with E-state index < -0.39 is 9.84 Å². The zero-order valence-corrected chi connectivity index (χ0v) is 11.8. The first-order valence-corrected chi connectivity index (χ1v) is 8.12. The summed E-state index contributed by atoms with van der Waals surface area (Å²) in [5.74, 6) is 2.11. The van der Waals surface area contributed by atoms with Crippen molar-refractivity contribution in [1.29, 1.82) is 0 Å². The third kappa shape index (κ3) is 4.40. The Morgan fingerprint density at radius 2 is 1.95 bits per heavy atom. The molecule has 1 saturated heterocycles. The first-order valence-electron chi connectivity index (χ1n) is 6.30. The van der Waals surface area contributed by atoms with Crippen molar-refractivity contribution in [2.24, 2.45) is 0 Å². The molecule has 1 N–H and O–H groups in total. The van der Waals surface area contributed by atoms with Gasteiger partial charge in [-0.15, -0.1) is 0 Å². The molecule has 0 bridgehead atoms. The number of sulfone groups is 1. The third-order valence-electron chi connectivity index (χ3n) is 3.10. The maximum atomic E-state index is 11.3. The second kappa shape index (κ2) is 6.25. The van der Waals surface area contributed by atoms with Gasteiger partial charge in [-0.1, -0.05) is 0 Å². The number of methoxy groups -OCH3 is 1. The number of hydrogen-bond donors (Lipinski definition) is 1. The number of benzene rings is 1. The first kappa shape index (κ1) is 14.1. The minimum Gasteiger partial charge on any atom is -0.497 e. The molecule has 0 saturated carbocycles. The Balaban J connectivity index is 1.66. The highest BCUT2D eigenvalue weighted by Gasteiger charge is 2.26. The second-order valence-electron chi connectivity index (χ2n) is 4.58.